The van der Waals surface area contributed by atoms with E-state index in [-0.39, 0.29) is 11.7 Å². The molecule has 4 aromatic rings. The third kappa shape index (κ3) is 5.94. The van der Waals surface area contributed by atoms with Gasteiger partial charge in [-0.1, -0.05) is 71.9 Å². The van der Waals surface area contributed by atoms with Crippen LogP contribution in [0, 0.1) is 0 Å². The number of carbonyl (C=O) groups is 1. The monoisotopic (exact) mass is 478 g/mol. The number of ether oxygens (including phenoxy) is 1. The Morgan fingerprint density at radius 2 is 1.82 bits per heavy atom. The van der Waals surface area contributed by atoms with E-state index in [9.17, 15) is 4.79 Å². The van der Waals surface area contributed by atoms with Gasteiger partial charge in [-0.2, -0.15) is 0 Å². The van der Waals surface area contributed by atoms with Gasteiger partial charge in [-0.15, -0.1) is 10.2 Å². The smallest absolute Gasteiger partial charge is 0.234 e. The molecule has 0 unspecified atom stereocenters. The van der Waals surface area contributed by atoms with Crippen molar-refractivity contribution in [3.63, 3.8) is 0 Å². The molecule has 0 aliphatic carbocycles. The Bertz CT molecular complexity index is 1230. The number of benzene rings is 3. The summed E-state index contributed by atoms with van der Waals surface area (Å²) in [7, 11) is 1.64. The third-order valence-corrected chi connectivity index (χ3v) is 6.17. The molecule has 0 aliphatic rings. The third-order valence-electron chi connectivity index (χ3n) is 4.97. The highest BCUT2D eigenvalue weighted by molar-refractivity contribution is 7.99. The molecule has 0 aliphatic heterocycles. The lowest BCUT2D eigenvalue weighted by Crippen LogP contribution is -2.15. The fourth-order valence-electron chi connectivity index (χ4n) is 3.40. The zero-order chi connectivity index (χ0) is 23.0. The number of hydrogen-bond donors (Lipinski definition) is 1. The molecule has 0 bridgehead atoms. The SMILES string of the molecule is COc1ccccc1-c1nnc(SCC(=O)Nc2cccc(Cl)c2)n1CCc1ccccc1. The normalized spacial score (nSPS) is 10.7. The van der Waals surface area contributed by atoms with Gasteiger partial charge in [-0.05, 0) is 42.3 Å². The van der Waals surface area contributed by atoms with E-state index in [4.69, 9.17) is 16.3 Å². The van der Waals surface area contributed by atoms with Crippen LogP contribution in [0.25, 0.3) is 11.4 Å². The first-order valence-corrected chi connectivity index (χ1v) is 11.8. The van der Waals surface area contributed by atoms with Gasteiger partial charge < -0.3 is 14.6 Å². The number of carbonyl (C=O) groups excluding carboxylic acids is 1. The highest BCUT2D eigenvalue weighted by atomic mass is 35.5. The van der Waals surface area contributed by atoms with E-state index < -0.39 is 0 Å². The number of methoxy groups -OCH3 is 1. The van der Waals surface area contributed by atoms with Gasteiger partial charge in [-0.3, -0.25) is 4.79 Å². The molecule has 8 heteroatoms. The van der Waals surface area contributed by atoms with Gasteiger partial charge in [0.15, 0.2) is 11.0 Å². The van der Waals surface area contributed by atoms with Gasteiger partial charge in [0, 0.05) is 17.3 Å². The number of anilines is 1. The number of amides is 1. The average Bonchev–Trinajstić information content (AvgIpc) is 3.24. The van der Waals surface area contributed by atoms with Crippen LogP contribution in [0.5, 0.6) is 5.75 Å². The number of nitrogens with zero attached hydrogens (tertiary/aromatic N) is 3. The highest BCUT2D eigenvalue weighted by Gasteiger charge is 2.18. The summed E-state index contributed by atoms with van der Waals surface area (Å²) in [5.74, 6) is 1.49. The molecule has 0 spiro atoms. The van der Waals surface area contributed by atoms with E-state index in [1.807, 2.05) is 47.0 Å². The quantitative estimate of drug-likeness (QED) is 0.318. The molecule has 1 heterocycles. The van der Waals surface area contributed by atoms with Gasteiger partial charge in [0.1, 0.15) is 5.75 Å². The van der Waals surface area contributed by atoms with Crippen LogP contribution in [-0.2, 0) is 17.8 Å². The molecule has 0 fully saturated rings. The second kappa shape index (κ2) is 11.0. The van der Waals surface area contributed by atoms with Crippen molar-refractivity contribution < 1.29 is 9.53 Å². The molecule has 1 amide bonds. The molecular formula is C25H23ClN4O2S. The summed E-state index contributed by atoms with van der Waals surface area (Å²) in [4.78, 5) is 12.5. The van der Waals surface area contributed by atoms with Crippen LogP contribution in [0.1, 0.15) is 5.56 Å². The standard InChI is InChI=1S/C25H23ClN4O2S/c1-32-22-13-6-5-12-21(22)24-28-29-25(30(24)15-14-18-8-3-2-4-9-18)33-17-23(31)27-20-11-7-10-19(26)16-20/h2-13,16H,14-15,17H2,1H3,(H,27,31). The van der Waals surface area contributed by atoms with Gasteiger partial charge in [-0.25, -0.2) is 0 Å². The van der Waals surface area contributed by atoms with Crippen molar-refractivity contribution in [2.75, 3.05) is 18.2 Å². The molecule has 1 aromatic heterocycles. The Balaban J connectivity index is 1.55. The highest BCUT2D eigenvalue weighted by Crippen LogP contribution is 2.31. The largest absolute Gasteiger partial charge is 0.496 e. The zero-order valence-corrected chi connectivity index (χ0v) is 19.6. The van der Waals surface area contributed by atoms with Crippen LogP contribution in [0.4, 0.5) is 5.69 Å². The van der Waals surface area contributed by atoms with Crippen molar-refractivity contribution in [2.45, 2.75) is 18.1 Å². The van der Waals surface area contributed by atoms with Crippen LogP contribution < -0.4 is 10.1 Å². The number of nitrogens with one attached hydrogen (secondary N) is 1. The van der Waals surface area contributed by atoms with E-state index in [2.05, 4.69) is 27.6 Å². The Kier molecular flexibility index (Phi) is 7.65. The van der Waals surface area contributed by atoms with Gasteiger partial charge in [0.2, 0.25) is 5.91 Å². The summed E-state index contributed by atoms with van der Waals surface area (Å²) in [6, 6.07) is 25.0. The van der Waals surface area contributed by atoms with Crippen molar-refractivity contribution in [2.24, 2.45) is 0 Å². The van der Waals surface area contributed by atoms with E-state index >= 15 is 0 Å². The number of para-hydroxylation sites is 1. The molecule has 3 aromatic carbocycles. The molecule has 0 radical (unpaired) electrons. The van der Waals surface area contributed by atoms with Gasteiger partial charge in [0.05, 0.1) is 18.4 Å². The number of thioether (sulfide) groups is 1. The van der Waals surface area contributed by atoms with Crippen LogP contribution in [0.15, 0.2) is 84.0 Å². The maximum atomic E-state index is 12.5. The molecular weight excluding hydrogens is 456 g/mol. The van der Waals surface area contributed by atoms with Crippen LogP contribution in [0.2, 0.25) is 5.02 Å². The minimum Gasteiger partial charge on any atom is -0.496 e. The molecule has 0 saturated carbocycles. The van der Waals surface area contributed by atoms with Gasteiger partial charge >= 0.3 is 0 Å². The number of aryl methyl sites for hydroxylation is 1. The molecule has 6 nitrogen and oxygen atoms in total. The summed E-state index contributed by atoms with van der Waals surface area (Å²) in [6.07, 6.45) is 0.809. The molecule has 1 N–H and O–H groups in total. The predicted molar refractivity (Wildman–Crippen MR) is 133 cm³/mol. The van der Waals surface area contributed by atoms with Crippen molar-refractivity contribution in [1.82, 2.24) is 14.8 Å². The van der Waals surface area contributed by atoms with E-state index in [1.165, 1.54) is 17.3 Å². The summed E-state index contributed by atoms with van der Waals surface area (Å²) in [5.41, 5.74) is 2.73. The lowest BCUT2D eigenvalue weighted by molar-refractivity contribution is -0.113. The lowest BCUT2D eigenvalue weighted by atomic mass is 10.1. The molecule has 33 heavy (non-hydrogen) atoms. The molecule has 4 rings (SSSR count). The van der Waals surface area contributed by atoms with E-state index in [0.29, 0.717) is 28.2 Å². The van der Waals surface area contributed by atoms with E-state index in [0.717, 1.165) is 17.7 Å². The second-order valence-electron chi connectivity index (χ2n) is 7.24. The molecule has 168 valence electrons. The Labute approximate surface area is 202 Å². The topological polar surface area (TPSA) is 69.0 Å². The number of halogens is 1. The predicted octanol–water partition coefficient (Wildman–Crippen LogP) is 5.58. The van der Waals surface area contributed by atoms with Crippen LogP contribution in [0.3, 0.4) is 0 Å². The Morgan fingerprint density at radius 3 is 2.61 bits per heavy atom. The van der Waals surface area contributed by atoms with Crippen LogP contribution in [-0.4, -0.2) is 33.5 Å². The summed E-state index contributed by atoms with van der Waals surface area (Å²) in [6.45, 7) is 0.669. The molecule has 0 atom stereocenters. The average molecular weight is 479 g/mol. The first-order valence-electron chi connectivity index (χ1n) is 10.4. The maximum Gasteiger partial charge on any atom is 0.234 e. The van der Waals surface area contributed by atoms with Gasteiger partial charge in [0.25, 0.3) is 0 Å². The number of aromatic nitrogens is 3. The Hall–Kier alpha value is -3.29. The molecule has 0 saturated heterocycles. The minimum atomic E-state index is -0.140. The summed E-state index contributed by atoms with van der Waals surface area (Å²) >= 11 is 7.35. The fraction of sp³-hybridized carbons (Fsp3) is 0.160. The first kappa shape index (κ1) is 22.9. The first-order chi connectivity index (χ1) is 16.1. The van der Waals surface area contributed by atoms with Crippen LogP contribution >= 0.6 is 23.4 Å². The number of rotatable bonds is 9. The lowest BCUT2D eigenvalue weighted by Gasteiger charge is -2.12. The van der Waals surface area contributed by atoms with Crippen molar-refractivity contribution in [1.29, 1.82) is 0 Å². The van der Waals surface area contributed by atoms with Crippen molar-refractivity contribution >= 4 is 35.0 Å². The van der Waals surface area contributed by atoms with Crippen molar-refractivity contribution in [3.05, 3.63) is 89.4 Å². The van der Waals surface area contributed by atoms with E-state index in [1.54, 1.807) is 31.4 Å². The maximum absolute atomic E-state index is 12.5. The minimum absolute atomic E-state index is 0.140. The number of hydrogen-bond acceptors (Lipinski definition) is 5. The fourth-order valence-corrected chi connectivity index (χ4v) is 4.36. The summed E-state index contributed by atoms with van der Waals surface area (Å²) in [5, 5.41) is 12.9. The second-order valence-corrected chi connectivity index (χ2v) is 8.62. The zero-order valence-electron chi connectivity index (χ0n) is 18.1. The summed E-state index contributed by atoms with van der Waals surface area (Å²) < 4.78 is 7.58. The Morgan fingerprint density at radius 1 is 1.03 bits per heavy atom. The van der Waals surface area contributed by atoms with Crippen molar-refractivity contribution in [3.8, 4) is 17.1 Å².